The van der Waals surface area contributed by atoms with Crippen LogP contribution in [-0.2, 0) is 13.0 Å². The van der Waals surface area contributed by atoms with Crippen LogP contribution in [0, 0.1) is 0 Å². The number of amides is 1. The van der Waals surface area contributed by atoms with Crippen molar-refractivity contribution in [3.05, 3.63) is 65.2 Å². The molecular formula is C17H20N2O. The van der Waals surface area contributed by atoms with Crippen LogP contribution in [0.3, 0.4) is 0 Å². The molecule has 0 spiro atoms. The van der Waals surface area contributed by atoms with Crippen molar-refractivity contribution in [2.75, 3.05) is 5.32 Å². The number of aryl methyl sites for hydroxylation is 1. The molecule has 2 rings (SSSR count). The Morgan fingerprint density at radius 1 is 1.00 bits per heavy atom. The lowest BCUT2D eigenvalue weighted by Gasteiger charge is -2.08. The molecule has 0 unspecified atom stereocenters. The summed E-state index contributed by atoms with van der Waals surface area (Å²) in [6.07, 6.45) is 2.29. The second kappa shape index (κ2) is 6.75. The number of hydrogen-bond donors (Lipinski definition) is 2. The van der Waals surface area contributed by atoms with E-state index in [1.165, 1.54) is 12.0 Å². The summed E-state index contributed by atoms with van der Waals surface area (Å²) in [4.78, 5) is 11.0. The highest BCUT2D eigenvalue weighted by atomic mass is 16.1. The summed E-state index contributed by atoms with van der Waals surface area (Å²) in [7, 11) is 0. The van der Waals surface area contributed by atoms with Crippen LogP contribution < -0.4 is 11.1 Å². The van der Waals surface area contributed by atoms with Gasteiger partial charge in [0.15, 0.2) is 0 Å². The number of primary amides is 1. The van der Waals surface area contributed by atoms with Gasteiger partial charge in [0.25, 0.3) is 0 Å². The predicted octanol–water partition coefficient (Wildman–Crippen LogP) is 3.35. The van der Waals surface area contributed by atoms with Gasteiger partial charge in [-0.1, -0.05) is 37.6 Å². The van der Waals surface area contributed by atoms with Gasteiger partial charge in [-0.15, -0.1) is 0 Å². The Labute approximate surface area is 119 Å². The van der Waals surface area contributed by atoms with Crippen molar-refractivity contribution >= 4 is 11.6 Å². The summed E-state index contributed by atoms with van der Waals surface area (Å²) in [5.41, 5.74) is 9.34. The molecular weight excluding hydrogens is 248 g/mol. The molecule has 104 valence electrons. The summed E-state index contributed by atoms with van der Waals surface area (Å²) in [6.45, 7) is 2.91. The highest BCUT2D eigenvalue weighted by Gasteiger charge is 2.00. The van der Waals surface area contributed by atoms with Crippen molar-refractivity contribution in [1.29, 1.82) is 0 Å². The van der Waals surface area contributed by atoms with E-state index < -0.39 is 5.91 Å². The van der Waals surface area contributed by atoms with Crippen molar-refractivity contribution in [3.63, 3.8) is 0 Å². The Balaban J connectivity index is 1.92. The highest BCUT2D eigenvalue weighted by molar-refractivity contribution is 5.92. The Morgan fingerprint density at radius 2 is 1.60 bits per heavy atom. The van der Waals surface area contributed by atoms with Crippen LogP contribution in [0.1, 0.15) is 34.8 Å². The molecule has 20 heavy (non-hydrogen) atoms. The van der Waals surface area contributed by atoms with Crippen molar-refractivity contribution in [2.45, 2.75) is 26.3 Å². The van der Waals surface area contributed by atoms with E-state index in [4.69, 9.17) is 5.73 Å². The maximum absolute atomic E-state index is 11.0. The Morgan fingerprint density at radius 3 is 2.15 bits per heavy atom. The number of hydrogen-bond acceptors (Lipinski definition) is 2. The smallest absolute Gasteiger partial charge is 0.248 e. The van der Waals surface area contributed by atoms with E-state index in [1.807, 2.05) is 12.1 Å². The van der Waals surface area contributed by atoms with Gasteiger partial charge in [0, 0.05) is 17.8 Å². The van der Waals surface area contributed by atoms with Gasteiger partial charge in [-0.05, 0) is 41.8 Å². The number of nitrogens with one attached hydrogen (secondary N) is 1. The van der Waals surface area contributed by atoms with Gasteiger partial charge in [0.05, 0.1) is 0 Å². The van der Waals surface area contributed by atoms with Crippen LogP contribution in [0.15, 0.2) is 48.5 Å². The SMILES string of the molecule is CCCc1ccc(NCc2ccc(C(N)=O)cc2)cc1. The first kappa shape index (κ1) is 14.1. The second-order valence-corrected chi connectivity index (χ2v) is 4.86. The molecule has 0 aliphatic rings. The lowest BCUT2D eigenvalue weighted by atomic mass is 10.1. The van der Waals surface area contributed by atoms with Crippen LogP contribution in [0.25, 0.3) is 0 Å². The van der Waals surface area contributed by atoms with E-state index in [-0.39, 0.29) is 0 Å². The zero-order valence-electron chi connectivity index (χ0n) is 11.7. The first-order valence-corrected chi connectivity index (χ1v) is 6.90. The van der Waals surface area contributed by atoms with Gasteiger partial charge in [-0.3, -0.25) is 4.79 Å². The second-order valence-electron chi connectivity index (χ2n) is 4.86. The van der Waals surface area contributed by atoms with Crippen molar-refractivity contribution in [1.82, 2.24) is 0 Å². The zero-order valence-corrected chi connectivity index (χ0v) is 11.7. The molecule has 3 heteroatoms. The minimum Gasteiger partial charge on any atom is -0.381 e. The Kier molecular flexibility index (Phi) is 4.77. The normalized spacial score (nSPS) is 10.2. The van der Waals surface area contributed by atoms with Crippen molar-refractivity contribution in [3.8, 4) is 0 Å². The van der Waals surface area contributed by atoms with Gasteiger partial charge < -0.3 is 11.1 Å². The molecule has 0 aliphatic heterocycles. The fourth-order valence-electron chi connectivity index (χ4n) is 2.07. The van der Waals surface area contributed by atoms with E-state index in [1.54, 1.807) is 12.1 Å². The Hall–Kier alpha value is -2.29. The summed E-state index contributed by atoms with van der Waals surface area (Å²) in [5.74, 6) is -0.393. The lowest BCUT2D eigenvalue weighted by molar-refractivity contribution is 0.100. The lowest BCUT2D eigenvalue weighted by Crippen LogP contribution is -2.10. The van der Waals surface area contributed by atoms with Crippen molar-refractivity contribution in [2.24, 2.45) is 5.73 Å². The van der Waals surface area contributed by atoms with Gasteiger partial charge in [-0.25, -0.2) is 0 Å². The molecule has 0 heterocycles. The maximum Gasteiger partial charge on any atom is 0.248 e. The summed E-state index contributed by atoms with van der Waals surface area (Å²) in [6, 6.07) is 15.8. The average Bonchev–Trinajstić information content (AvgIpc) is 2.47. The first-order valence-electron chi connectivity index (χ1n) is 6.90. The van der Waals surface area contributed by atoms with Gasteiger partial charge in [-0.2, -0.15) is 0 Å². The van der Waals surface area contributed by atoms with Gasteiger partial charge in [0.2, 0.25) is 5.91 Å². The van der Waals surface area contributed by atoms with Crippen LogP contribution >= 0.6 is 0 Å². The van der Waals surface area contributed by atoms with Crippen LogP contribution in [-0.4, -0.2) is 5.91 Å². The van der Waals surface area contributed by atoms with Crippen molar-refractivity contribution < 1.29 is 4.79 Å². The van der Waals surface area contributed by atoms with E-state index in [0.717, 1.165) is 24.2 Å². The van der Waals surface area contributed by atoms with E-state index >= 15 is 0 Å². The molecule has 2 aromatic rings. The highest BCUT2D eigenvalue weighted by Crippen LogP contribution is 2.13. The number of nitrogens with two attached hydrogens (primary N) is 1. The van der Waals surface area contributed by atoms with E-state index in [9.17, 15) is 4.79 Å². The number of rotatable bonds is 6. The number of benzene rings is 2. The third kappa shape index (κ3) is 3.85. The third-order valence-corrected chi connectivity index (χ3v) is 3.23. The molecule has 0 saturated carbocycles. The summed E-state index contributed by atoms with van der Waals surface area (Å²) in [5, 5.41) is 3.36. The van der Waals surface area contributed by atoms with Crippen LogP contribution in [0.5, 0.6) is 0 Å². The molecule has 0 saturated heterocycles. The fraction of sp³-hybridized carbons (Fsp3) is 0.235. The topological polar surface area (TPSA) is 55.1 Å². The number of anilines is 1. The third-order valence-electron chi connectivity index (χ3n) is 3.23. The first-order chi connectivity index (χ1) is 9.69. The quantitative estimate of drug-likeness (QED) is 0.844. The fourth-order valence-corrected chi connectivity index (χ4v) is 2.07. The number of carbonyl (C=O) groups excluding carboxylic acids is 1. The maximum atomic E-state index is 11.0. The van der Waals surface area contributed by atoms with Gasteiger partial charge in [0.1, 0.15) is 0 Å². The van der Waals surface area contributed by atoms with E-state index in [0.29, 0.717) is 5.56 Å². The molecule has 3 nitrogen and oxygen atoms in total. The molecule has 0 atom stereocenters. The summed E-state index contributed by atoms with van der Waals surface area (Å²) >= 11 is 0. The molecule has 0 fully saturated rings. The van der Waals surface area contributed by atoms with Crippen LogP contribution in [0.4, 0.5) is 5.69 Å². The largest absolute Gasteiger partial charge is 0.381 e. The molecule has 0 aliphatic carbocycles. The molecule has 0 radical (unpaired) electrons. The summed E-state index contributed by atoms with van der Waals surface area (Å²) < 4.78 is 0. The average molecular weight is 268 g/mol. The van der Waals surface area contributed by atoms with E-state index in [2.05, 4.69) is 36.5 Å². The monoisotopic (exact) mass is 268 g/mol. The standard InChI is InChI=1S/C17H20N2O/c1-2-3-13-6-10-16(11-7-13)19-12-14-4-8-15(9-5-14)17(18)20/h4-11,19H,2-3,12H2,1H3,(H2,18,20). The molecule has 0 aromatic heterocycles. The number of carbonyl (C=O) groups is 1. The molecule has 1 amide bonds. The molecule has 0 bridgehead atoms. The zero-order chi connectivity index (χ0) is 14.4. The van der Waals surface area contributed by atoms with Gasteiger partial charge >= 0.3 is 0 Å². The predicted molar refractivity (Wildman–Crippen MR) is 82.7 cm³/mol. The molecule has 2 aromatic carbocycles. The Bertz CT molecular complexity index is 559. The minimum absolute atomic E-state index is 0.393. The molecule has 3 N–H and O–H groups in total. The van der Waals surface area contributed by atoms with Crippen LogP contribution in [0.2, 0.25) is 0 Å². The minimum atomic E-state index is -0.393.